The number of nitrogens with two attached hydrogens (primary N) is 1. The lowest BCUT2D eigenvalue weighted by Gasteiger charge is -2.26. The van der Waals surface area contributed by atoms with E-state index in [0.717, 1.165) is 41.8 Å². The van der Waals surface area contributed by atoms with Gasteiger partial charge in [0.15, 0.2) is 5.58 Å². The second-order valence-electron chi connectivity index (χ2n) is 8.50. The smallest absolute Gasteiger partial charge is 0.408 e. The van der Waals surface area contributed by atoms with Crippen LogP contribution in [0, 0.1) is 11.3 Å². The zero-order chi connectivity index (χ0) is 24.8. The standard InChI is InChI=1S/C25H29N5O5/c26-15-20(28-24(32)22(31)16-27)13-17-1-3-18(4-2-17)19-5-6-23-21(14-19)30(25(33)35-23)8-7-29-9-11-34-12-10-29/h1-6,14,20,22,31H,7-13,16,27H2,(H,28,32)/t20-,22-/m0/s1. The van der Waals surface area contributed by atoms with Crippen LogP contribution in [0.4, 0.5) is 0 Å². The number of fused-ring (bicyclic) bond motifs is 1. The lowest BCUT2D eigenvalue weighted by molar-refractivity contribution is -0.129. The highest BCUT2D eigenvalue weighted by atomic mass is 16.5. The number of aliphatic hydroxyl groups excluding tert-OH is 1. The molecular formula is C25H29N5O5. The Hall–Kier alpha value is -3.49. The van der Waals surface area contributed by atoms with Gasteiger partial charge in [0.05, 0.1) is 24.8 Å². The van der Waals surface area contributed by atoms with Gasteiger partial charge in [0.2, 0.25) is 0 Å². The summed E-state index contributed by atoms with van der Waals surface area (Å²) in [6.07, 6.45) is -1.04. The molecule has 1 aromatic heterocycles. The number of nitrogens with one attached hydrogen (secondary N) is 1. The molecule has 0 bridgehead atoms. The molecule has 10 heteroatoms. The Morgan fingerprint density at radius 3 is 2.54 bits per heavy atom. The van der Waals surface area contributed by atoms with Crippen molar-refractivity contribution in [3.8, 4) is 17.2 Å². The highest BCUT2D eigenvalue weighted by molar-refractivity contribution is 5.81. The summed E-state index contributed by atoms with van der Waals surface area (Å²) in [5.41, 5.74) is 9.31. The van der Waals surface area contributed by atoms with E-state index in [2.05, 4.69) is 10.2 Å². The van der Waals surface area contributed by atoms with Crippen molar-refractivity contribution in [3.63, 3.8) is 0 Å². The zero-order valence-electron chi connectivity index (χ0n) is 19.4. The molecule has 4 rings (SSSR count). The van der Waals surface area contributed by atoms with Crippen LogP contribution in [-0.2, 0) is 22.5 Å². The summed E-state index contributed by atoms with van der Waals surface area (Å²) in [7, 11) is 0. The van der Waals surface area contributed by atoms with Gasteiger partial charge >= 0.3 is 5.76 Å². The number of nitriles is 1. The van der Waals surface area contributed by atoms with Crippen LogP contribution >= 0.6 is 0 Å². The first-order valence-electron chi connectivity index (χ1n) is 11.6. The normalized spacial score (nSPS) is 16.0. The first kappa shape index (κ1) is 24.6. The molecule has 3 aromatic rings. The summed E-state index contributed by atoms with van der Waals surface area (Å²) in [5.74, 6) is -1.03. The monoisotopic (exact) mass is 479 g/mol. The summed E-state index contributed by atoms with van der Waals surface area (Å²) in [5, 5.41) is 21.4. The van der Waals surface area contributed by atoms with Gasteiger partial charge in [-0.15, -0.1) is 0 Å². The Kier molecular flexibility index (Phi) is 7.94. The fourth-order valence-corrected chi connectivity index (χ4v) is 4.09. The third-order valence-electron chi connectivity index (χ3n) is 6.14. The summed E-state index contributed by atoms with van der Waals surface area (Å²) < 4.78 is 12.5. The van der Waals surface area contributed by atoms with Crippen LogP contribution in [-0.4, -0.2) is 72.0 Å². The summed E-state index contributed by atoms with van der Waals surface area (Å²) in [6, 6.07) is 14.5. The van der Waals surface area contributed by atoms with Crippen LogP contribution in [0.3, 0.4) is 0 Å². The Bertz CT molecular complexity index is 1250. The minimum Gasteiger partial charge on any atom is -0.408 e. The van der Waals surface area contributed by atoms with Gasteiger partial charge < -0.3 is 25.3 Å². The number of oxazole rings is 1. The number of benzene rings is 2. The number of aliphatic hydroxyl groups is 1. The average molecular weight is 480 g/mol. The van der Waals surface area contributed by atoms with Crippen molar-refractivity contribution in [3.05, 3.63) is 58.6 Å². The van der Waals surface area contributed by atoms with Crippen molar-refractivity contribution in [1.82, 2.24) is 14.8 Å². The van der Waals surface area contributed by atoms with Crippen molar-refractivity contribution < 1.29 is 19.1 Å². The molecule has 35 heavy (non-hydrogen) atoms. The van der Waals surface area contributed by atoms with Crippen LogP contribution in [0.1, 0.15) is 5.56 Å². The van der Waals surface area contributed by atoms with Crippen molar-refractivity contribution >= 4 is 17.0 Å². The zero-order valence-corrected chi connectivity index (χ0v) is 19.4. The van der Waals surface area contributed by atoms with Crippen LogP contribution < -0.4 is 16.8 Å². The molecule has 4 N–H and O–H groups in total. The number of ether oxygens (including phenoxy) is 1. The van der Waals surface area contributed by atoms with Gasteiger partial charge in [-0.05, 0) is 28.8 Å². The number of carbonyl (C=O) groups excluding carboxylic acids is 1. The Morgan fingerprint density at radius 2 is 1.86 bits per heavy atom. The van der Waals surface area contributed by atoms with E-state index < -0.39 is 18.1 Å². The molecule has 0 spiro atoms. The fraction of sp³-hybridized carbons (Fsp3) is 0.400. The highest BCUT2D eigenvalue weighted by Crippen LogP contribution is 2.25. The molecule has 0 saturated carbocycles. The van der Waals surface area contributed by atoms with Gasteiger partial charge in [-0.25, -0.2) is 4.79 Å². The molecule has 1 amide bonds. The summed E-state index contributed by atoms with van der Waals surface area (Å²) in [6.45, 7) is 4.19. The topological polar surface area (TPSA) is 147 Å². The van der Waals surface area contributed by atoms with E-state index >= 15 is 0 Å². The van der Waals surface area contributed by atoms with Crippen molar-refractivity contribution in [2.75, 3.05) is 39.4 Å². The first-order chi connectivity index (χ1) is 17.0. The molecule has 0 aliphatic carbocycles. The number of nitrogens with zero attached hydrogens (tertiary/aromatic N) is 3. The molecular weight excluding hydrogens is 450 g/mol. The Labute approximate surface area is 202 Å². The van der Waals surface area contributed by atoms with Gasteiger partial charge in [0.25, 0.3) is 5.91 Å². The molecule has 10 nitrogen and oxygen atoms in total. The van der Waals surface area contributed by atoms with Gasteiger partial charge in [-0.1, -0.05) is 30.3 Å². The molecule has 1 aliphatic rings. The maximum atomic E-state index is 12.4. The lowest BCUT2D eigenvalue weighted by Crippen LogP contribution is -2.44. The van der Waals surface area contributed by atoms with Crippen molar-refractivity contribution in [2.24, 2.45) is 5.73 Å². The maximum absolute atomic E-state index is 12.4. The molecule has 2 atom stereocenters. The van der Waals surface area contributed by atoms with E-state index in [4.69, 9.17) is 14.9 Å². The fourth-order valence-electron chi connectivity index (χ4n) is 4.09. The molecule has 1 saturated heterocycles. The summed E-state index contributed by atoms with van der Waals surface area (Å²) in [4.78, 5) is 26.5. The molecule has 2 aromatic carbocycles. The maximum Gasteiger partial charge on any atom is 0.419 e. The molecule has 2 heterocycles. The molecule has 1 aliphatic heterocycles. The predicted molar refractivity (Wildman–Crippen MR) is 129 cm³/mol. The van der Waals surface area contributed by atoms with E-state index in [-0.39, 0.29) is 12.3 Å². The van der Waals surface area contributed by atoms with Gasteiger partial charge in [-0.3, -0.25) is 14.3 Å². The number of amides is 1. The van der Waals surface area contributed by atoms with E-state index in [0.29, 0.717) is 31.8 Å². The van der Waals surface area contributed by atoms with Gasteiger partial charge in [0.1, 0.15) is 12.1 Å². The second kappa shape index (κ2) is 11.3. The number of morpholine rings is 1. The summed E-state index contributed by atoms with van der Waals surface area (Å²) >= 11 is 0. The molecule has 1 fully saturated rings. The first-order valence-corrected chi connectivity index (χ1v) is 11.6. The SMILES string of the molecule is N#C[C@H](Cc1ccc(-c2ccc3oc(=O)n(CCN4CCOCC4)c3c2)cc1)NC(=O)[C@@H](O)CN. The number of rotatable bonds is 9. The van der Waals surface area contributed by atoms with Crippen LogP contribution in [0.2, 0.25) is 0 Å². The van der Waals surface area contributed by atoms with Crippen LogP contribution in [0.5, 0.6) is 0 Å². The number of aromatic nitrogens is 1. The van der Waals surface area contributed by atoms with Gasteiger partial charge in [-0.2, -0.15) is 5.26 Å². The highest BCUT2D eigenvalue weighted by Gasteiger charge is 2.18. The van der Waals surface area contributed by atoms with Gasteiger partial charge in [0, 0.05) is 39.1 Å². The number of hydrogen-bond donors (Lipinski definition) is 3. The second-order valence-corrected chi connectivity index (χ2v) is 8.50. The third-order valence-corrected chi connectivity index (χ3v) is 6.14. The van der Waals surface area contributed by atoms with Crippen LogP contribution in [0.25, 0.3) is 22.2 Å². The molecule has 0 radical (unpaired) electrons. The average Bonchev–Trinajstić information content (AvgIpc) is 3.21. The number of carbonyl (C=O) groups is 1. The Balaban J connectivity index is 1.47. The number of hydrogen-bond acceptors (Lipinski definition) is 8. The van der Waals surface area contributed by atoms with E-state index in [1.54, 1.807) is 10.6 Å². The molecule has 184 valence electrons. The Morgan fingerprint density at radius 1 is 1.14 bits per heavy atom. The van der Waals surface area contributed by atoms with Crippen molar-refractivity contribution in [1.29, 1.82) is 5.26 Å². The quantitative estimate of drug-likeness (QED) is 0.401. The van der Waals surface area contributed by atoms with Crippen LogP contribution in [0.15, 0.2) is 51.7 Å². The van der Waals surface area contributed by atoms with Crippen molar-refractivity contribution in [2.45, 2.75) is 25.1 Å². The predicted octanol–water partition coefficient (Wildman–Crippen LogP) is 0.464. The van der Waals surface area contributed by atoms with E-state index in [1.807, 2.05) is 42.5 Å². The lowest BCUT2D eigenvalue weighted by atomic mass is 10.0. The van der Waals surface area contributed by atoms with E-state index in [9.17, 15) is 20.0 Å². The molecule has 0 unspecified atom stereocenters. The minimum absolute atomic E-state index is 0.208. The largest absolute Gasteiger partial charge is 0.419 e. The minimum atomic E-state index is -1.34. The third kappa shape index (κ3) is 5.96. The van der Waals surface area contributed by atoms with E-state index in [1.165, 1.54) is 0 Å².